The second-order valence-electron chi connectivity index (χ2n) is 7.33. The summed E-state index contributed by atoms with van der Waals surface area (Å²) in [4.78, 5) is 4.71. The molecule has 0 amide bonds. The van der Waals surface area contributed by atoms with Crippen LogP contribution in [0.25, 0.3) is 17.2 Å². The summed E-state index contributed by atoms with van der Waals surface area (Å²) in [6.45, 7) is 6.87. The number of rotatable bonds is 8. The van der Waals surface area contributed by atoms with Crippen molar-refractivity contribution in [2.24, 2.45) is 0 Å². The molecule has 3 nitrogen and oxygen atoms in total. The Labute approximate surface area is 183 Å². The van der Waals surface area contributed by atoms with Gasteiger partial charge >= 0.3 is 0 Å². The molecule has 3 aromatic carbocycles. The Kier molecular flexibility index (Phi) is 6.44. The summed E-state index contributed by atoms with van der Waals surface area (Å²) in [5.41, 5.74) is 6.39. The zero-order valence-electron chi connectivity index (χ0n) is 17.6. The van der Waals surface area contributed by atoms with Crippen molar-refractivity contribution in [3.05, 3.63) is 120 Å². The Bertz CT molecular complexity index is 1150. The maximum atomic E-state index is 6.18. The molecule has 0 spiro atoms. The highest BCUT2D eigenvalue weighted by molar-refractivity contribution is 5.74. The Morgan fingerprint density at radius 2 is 1.39 bits per heavy atom. The van der Waals surface area contributed by atoms with Gasteiger partial charge in [0.25, 0.3) is 0 Å². The molecule has 4 rings (SSSR count). The summed E-state index contributed by atoms with van der Waals surface area (Å²) in [5, 5.41) is 0. The molecular formula is C28H25NO2. The molecule has 3 heteroatoms. The summed E-state index contributed by atoms with van der Waals surface area (Å²) in [5.74, 6) is 1.09. The lowest BCUT2D eigenvalue weighted by Crippen LogP contribution is -2.03. The van der Waals surface area contributed by atoms with Gasteiger partial charge < -0.3 is 9.47 Å². The third-order valence-corrected chi connectivity index (χ3v) is 5.07. The number of benzene rings is 3. The van der Waals surface area contributed by atoms with Gasteiger partial charge in [-0.2, -0.15) is 4.98 Å². The number of hydrogen-bond acceptors (Lipinski definition) is 3. The van der Waals surface area contributed by atoms with E-state index < -0.39 is 0 Å². The van der Waals surface area contributed by atoms with Crippen molar-refractivity contribution in [3.63, 3.8) is 0 Å². The minimum atomic E-state index is 0.434. The molecule has 0 unspecified atom stereocenters. The monoisotopic (exact) mass is 407 g/mol. The molecule has 0 aliphatic rings. The third-order valence-electron chi connectivity index (χ3n) is 5.07. The molecule has 0 N–H and O–H groups in total. The zero-order chi connectivity index (χ0) is 21.5. The van der Waals surface area contributed by atoms with E-state index in [0.717, 1.165) is 33.4 Å². The maximum Gasteiger partial charge on any atom is 0.225 e. The van der Waals surface area contributed by atoms with Crippen LogP contribution < -0.4 is 9.47 Å². The van der Waals surface area contributed by atoms with Crippen LogP contribution in [-0.2, 0) is 13.2 Å². The first kappa shape index (κ1) is 20.4. The molecule has 154 valence electrons. The van der Waals surface area contributed by atoms with Crippen LogP contribution in [0.2, 0.25) is 0 Å². The summed E-state index contributed by atoms with van der Waals surface area (Å²) in [6, 6.07) is 30.3. The summed E-state index contributed by atoms with van der Waals surface area (Å²) < 4.78 is 12.1. The van der Waals surface area contributed by atoms with Crippen molar-refractivity contribution in [1.29, 1.82) is 0 Å². The normalized spacial score (nSPS) is 10.5. The molecule has 0 radical (unpaired) electrons. The van der Waals surface area contributed by atoms with E-state index in [9.17, 15) is 0 Å². The summed E-state index contributed by atoms with van der Waals surface area (Å²) in [7, 11) is 0. The molecule has 0 aliphatic heterocycles. The van der Waals surface area contributed by atoms with Crippen LogP contribution >= 0.6 is 0 Å². The Balaban J connectivity index is 1.65. The fourth-order valence-electron chi connectivity index (χ4n) is 3.33. The van der Waals surface area contributed by atoms with Crippen molar-refractivity contribution >= 4 is 6.08 Å². The minimum absolute atomic E-state index is 0.434. The molecule has 0 fully saturated rings. The SMILES string of the molecule is C=Cc1ccc(C)c(-c2ccc(OCc3ccccc3)nc2OCc2ccccc2)c1. The molecule has 0 saturated heterocycles. The number of ether oxygens (including phenoxy) is 2. The van der Waals surface area contributed by atoms with E-state index in [4.69, 9.17) is 14.5 Å². The van der Waals surface area contributed by atoms with E-state index in [2.05, 4.69) is 31.7 Å². The number of aryl methyl sites for hydroxylation is 1. The van der Waals surface area contributed by atoms with Gasteiger partial charge in [-0.1, -0.05) is 85.5 Å². The van der Waals surface area contributed by atoms with Crippen LogP contribution in [0.3, 0.4) is 0 Å². The lowest BCUT2D eigenvalue weighted by Gasteiger charge is -2.15. The standard InChI is InChI=1S/C28H25NO2/c1-3-22-15-14-21(2)26(18-22)25-16-17-27(30-19-23-10-6-4-7-11-23)29-28(25)31-20-24-12-8-5-9-13-24/h3-18H,1,19-20H2,2H3. The lowest BCUT2D eigenvalue weighted by atomic mass is 9.99. The number of nitrogens with zero attached hydrogens (tertiary/aromatic N) is 1. The molecule has 1 heterocycles. The molecule has 0 atom stereocenters. The van der Waals surface area contributed by atoms with Crippen LogP contribution in [0.15, 0.2) is 97.6 Å². The average molecular weight is 408 g/mol. The fourth-order valence-corrected chi connectivity index (χ4v) is 3.33. The third kappa shape index (κ3) is 5.20. The first-order chi connectivity index (χ1) is 15.2. The van der Waals surface area contributed by atoms with Gasteiger partial charge in [-0.3, -0.25) is 0 Å². The van der Waals surface area contributed by atoms with Gasteiger partial charge in [0.2, 0.25) is 11.8 Å². The molecule has 31 heavy (non-hydrogen) atoms. The summed E-state index contributed by atoms with van der Waals surface area (Å²) in [6.07, 6.45) is 1.85. The predicted octanol–water partition coefficient (Wildman–Crippen LogP) is 6.86. The van der Waals surface area contributed by atoms with Gasteiger partial charge in [0.1, 0.15) is 13.2 Å². The quantitative estimate of drug-likeness (QED) is 0.320. The van der Waals surface area contributed by atoms with Crippen LogP contribution in [0.1, 0.15) is 22.3 Å². The number of pyridine rings is 1. The van der Waals surface area contributed by atoms with Gasteiger partial charge in [-0.25, -0.2) is 0 Å². The van der Waals surface area contributed by atoms with Gasteiger partial charge in [0.15, 0.2) is 0 Å². The van der Waals surface area contributed by atoms with E-state index in [1.54, 1.807) is 0 Å². The Morgan fingerprint density at radius 1 is 0.742 bits per heavy atom. The molecule has 1 aromatic heterocycles. The number of aromatic nitrogens is 1. The van der Waals surface area contributed by atoms with E-state index in [-0.39, 0.29) is 0 Å². The fraction of sp³-hybridized carbons (Fsp3) is 0.107. The van der Waals surface area contributed by atoms with Crippen LogP contribution in [0, 0.1) is 6.92 Å². The van der Waals surface area contributed by atoms with Crippen molar-refractivity contribution in [2.75, 3.05) is 0 Å². The Hall–Kier alpha value is -3.85. The smallest absolute Gasteiger partial charge is 0.225 e. The Morgan fingerprint density at radius 3 is 2.03 bits per heavy atom. The maximum absolute atomic E-state index is 6.18. The van der Waals surface area contributed by atoms with Crippen molar-refractivity contribution in [1.82, 2.24) is 4.98 Å². The second-order valence-corrected chi connectivity index (χ2v) is 7.33. The average Bonchev–Trinajstić information content (AvgIpc) is 2.83. The zero-order valence-corrected chi connectivity index (χ0v) is 17.6. The second kappa shape index (κ2) is 9.77. The van der Waals surface area contributed by atoms with Gasteiger partial charge in [0.05, 0.1) is 0 Å². The van der Waals surface area contributed by atoms with Crippen LogP contribution in [0.5, 0.6) is 11.8 Å². The predicted molar refractivity (Wildman–Crippen MR) is 126 cm³/mol. The molecule has 0 aliphatic carbocycles. The van der Waals surface area contributed by atoms with Gasteiger partial charge in [-0.05, 0) is 46.9 Å². The lowest BCUT2D eigenvalue weighted by molar-refractivity contribution is 0.268. The highest BCUT2D eigenvalue weighted by Gasteiger charge is 2.13. The topological polar surface area (TPSA) is 31.4 Å². The van der Waals surface area contributed by atoms with E-state index in [1.165, 1.54) is 0 Å². The highest BCUT2D eigenvalue weighted by atomic mass is 16.5. The van der Waals surface area contributed by atoms with Crippen molar-refractivity contribution in [2.45, 2.75) is 20.1 Å². The molecule has 0 bridgehead atoms. The first-order valence-corrected chi connectivity index (χ1v) is 10.3. The van der Waals surface area contributed by atoms with E-state index >= 15 is 0 Å². The molecule has 0 saturated carbocycles. The molecule has 4 aromatic rings. The van der Waals surface area contributed by atoms with Crippen LogP contribution in [-0.4, -0.2) is 4.98 Å². The van der Waals surface area contributed by atoms with E-state index in [0.29, 0.717) is 25.0 Å². The van der Waals surface area contributed by atoms with E-state index in [1.807, 2.05) is 78.9 Å². The summed E-state index contributed by atoms with van der Waals surface area (Å²) >= 11 is 0. The minimum Gasteiger partial charge on any atom is -0.473 e. The van der Waals surface area contributed by atoms with Crippen molar-refractivity contribution in [3.8, 4) is 22.9 Å². The highest BCUT2D eigenvalue weighted by Crippen LogP contribution is 2.34. The molecular weight excluding hydrogens is 382 g/mol. The largest absolute Gasteiger partial charge is 0.473 e. The van der Waals surface area contributed by atoms with Crippen molar-refractivity contribution < 1.29 is 9.47 Å². The van der Waals surface area contributed by atoms with Gasteiger partial charge in [-0.15, -0.1) is 0 Å². The number of hydrogen-bond donors (Lipinski definition) is 0. The van der Waals surface area contributed by atoms with Crippen LogP contribution in [0.4, 0.5) is 0 Å². The first-order valence-electron chi connectivity index (χ1n) is 10.3. The van der Waals surface area contributed by atoms with Gasteiger partial charge in [0, 0.05) is 11.6 Å².